The molecule has 7 heteroatoms. The molecule has 1 saturated carbocycles. The summed E-state index contributed by atoms with van der Waals surface area (Å²) in [4.78, 5) is 8.00. The molecule has 1 aliphatic carbocycles. The minimum absolute atomic E-state index is 0.597. The standard InChI is InChI=1S/C7H4BrClIN2P.C3H6.CH2O/c8-6-1-4(9)2-7-5(6)3-11-12(7)13-10;1-2-3-1;1-2/h1-3,13H;1-3H2;1H2. The first-order valence-corrected chi connectivity index (χ1v) is 10.4. The molecule has 0 saturated heterocycles. The molecule has 3 rings (SSSR count). The molecule has 98 valence electrons. The normalized spacial score (nSPS) is 12.8. The van der Waals surface area contributed by atoms with Crippen molar-refractivity contribution in [1.82, 2.24) is 9.55 Å². The molecular formula is C11H12BrClIN2OP. The van der Waals surface area contributed by atoms with Crippen molar-refractivity contribution in [1.29, 1.82) is 0 Å². The van der Waals surface area contributed by atoms with Gasteiger partial charge >= 0.3 is 0 Å². The lowest BCUT2D eigenvalue weighted by Gasteiger charge is -1.98. The molecule has 1 aromatic carbocycles. The van der Waals surface area contributed by atoms with Crippen molar-refractivity contribution < 1.29 is 4.79 Å². The van der Waals surface area contributed by atoms with E-state index in [1.165, 1.54) is 19.3 Å². The van der Waals surface area contributed by atoms with Crippen molar-refractivity contribution in [2.75, 3.05) is 0 Å². The fraction of sp³-hybridized carbons (Fsp3) is 0.273. The molecule has 1 unspecified atom stereocenters. The third kappa shape index (κ3) is 4.76. The van der Waals surface area contributed by atoms with Crippen LogP contribution in [-0.4, -0.2) is 16.3 Å². The topological polar surface area (TPSA) is 34.9 Å². The molecule has 18 heavy (non-hydrogen) atoms. The van der Waals surface area contributed by atoms with Gasteiger partial charge < -0.3 is 4.79 Å². The summed E-state index contributed by atoms with van der Waals surface area (Å²) in [5.74, 6) is 0. The van der Waals surface area contributed by atoms with Gasteiger partial charge in [0, 0.05) is 14.9 Å². The number of benzene rings is 1. The van der Waals surface area contributed by atoms with Gasteiger partial charge in [-0.2, -0.15) is 5.10 Å². The SMILES string of the molecule is C1CC1.C=O.Clc1cc(Br)c2cnn(PI)c2c1. The lowest BCUT2D eigenvalue weighted by molar-refractivity contribution is -0.0979. The number of carbonyl (C=O) groups excluding carboxylic acids is 1. The molecule has 0 amide bonds. The molecular weight excluding hydrogens is 449 g/mol. The molecule has 2 aromatic rings. The van der Waals surface area contributed by atoms with Crippen LogP contribution in [0.4, 0.5) is 0 Å². The molecule has 0 radical (unpaired) electrons. The third-order valence-electron chi connectivity index (χ3n) is 2.04. The number of nitrogens with zero attached hydrogens (tertiary/aromatic N) is 2. The summed E-state index contributed by atoms with van der Waals surface area (Å²) < 4.78 is 2.93. The van der Waals surface area contributed by atoms with Crippen molar-refractivity contribution in [3.05, 3.63) is 27.8 Å². The molecule has 0 N–H and O–H groups in total. The van der Waals surface area contributed by atoms with Gasteiger partial charge in [0.25, 0.3) is 0 Å². The number of hydrogen-bond donors (Lipinski definition) is 0. The van der Waals surface area contributed by atoms with Gasteiger partial charge in [0.05, 0.1) is 18.1 Å². The predicted octanol–water partition coefficient (Wildman–Crippen LogP) is 5.23. The number of rotatable bonds is 1. The first-order valence-electron chi connectivity index (χ1n) is 5.20. The van der Waals surface area contributed by atoms with Crippen LogP contribution in [0.2, 0.25) is 5.02 Å². The van der Waals surface area contributed by atoms with Crippen LogP contribution in [0.1, 0.15) is 19.3 Å². The zero-order valence-corrected chi connectivity index (χ0v) is 15.0. The lowest BCUT2D eigenvalue weighted by atomic mass is 10.3. The van der Waals surface area contributed by atoms with E-state index >= 15 is 0 Å². The smallest absolute Gasteiger partial charge is 0.106 e. The number of hydrogen-bond acceptors (Lipinski definition) is 2. The van der Waals surface area contributed by atoms with E-state index < -0.39 is 0 Å². The van der Waals surface area contributed by atoms with E-state index in [4.69, 9.17) is 16.4 Å². The summed E-state index contributed by atoms with van der Waals surface area (Å²) in [5.41, 5.74) is 1.08. The fourth-order valence-electron chi connectivity index (χ4n) is 1.12. The average Bonchev–Trinajstić information content (AvgIpc) is 3.19. The maximum Gasteiger partial charge on any atom is 0.106 e. The van der Waals surface area contributed by atoms with Crippen LogP contribution < -0.4 is 0 Å². The molecule has 0 bridgehead atoms. The second-order valence-electron chi connectivity index (χ2n) is 3.52. The van der Waals surface area contributed by atoms with Crippen LogP contribution >= 0.6 is 55.9 Å². The summed E-state index contributed by atoms with van der Waals surface area (Å²) in [6.07, 6.45) is 6.95. The Morgan fingerprint density at radius 1 is 1.39 bits per heavy atom. The Bertz CT molecular complexity index is 518. The van der Waals surface area contributed by atoms with Gasteiger partial charge in [-0.25, -0.2) is 4.45 Å². The van der Waals surface area contributed by atoms with Crippen LogP contribution in [0.25, 0.3) is 10.9 Å². The fourth-order valence-corrected chi connectivity index (χ4v) is 3.55. The van der Waals surface area contributed by atoms with Crippen LogP contribution in [-0.2, 0) is 4.79 Å². The Hall–Kier alpha value is 0.290. The van der Waals surface area contributed by atoms with Gasteiger partial charge in [-0.3, -0.25) is 0 Å². The summed E-state index contributed by atoms with van der Waals surface area (Å²) in [6.45, 7) is 2.00. The van der Waals surface area contributed by atoms with E-state index in [0.717, 1.165) is 20.4 Å². The van der Waals surface area contributed by atoms with Gasteiger partial charge in [0.1, 0.15) is 6.79 Å². The Labute approximate surface area is 134 Å². The van der Waals surface area contributed by atoms with Crippen molar-refractivity contribution in [3.8, 4) is 0 Å². The van der Waals surface area contributed by atoms with Gasteiger partial charge in [-0.1, -0.05) is 30.9 Å². The summed E-state index contributed by atoms with van der Waals surface area (Å²) in [6, 6.07) is 3.81. The highest BCUT2D eigenvalue weighted by atomic mass is 127. The molecule has 1 heterocycles. The van der Waals surface area contributed by atoms with Gasteiger partial charge in [0.2, 0.25) is 0 Å². The molecule has 0 aliphatic heterocycles. The number of fused-ring (bicyclic) bond motifs is 1. The van der Waals surface area contributed by atoms with Crippen LogP contribution in [0.3, 0.4) is 0 Å². The minimum Gasteiger partial charge on any atom is -0.307 e. The molecule has 1 fully saturated rings. The molecule has 3 nitrogen and oxygen atoms in total. The van der Waals surface area contributed by atoms with Gasteiger partial charge in [-0.05, 0) is 50.1 Å². The van der Waals surface area contributed by atoms with Gasteiger partial charge in [0.15, 0.2) is 0 Å². The van der Waals surface area contributed by atoms with E-state index in [0.29, 0.717) is 6.37 Å². The minimum atomic E-state index is 0.597. The van der Waals surface area contributed by atoms with E-state index in [1.807, 2.05) is 29.6 Å². The predicted molar refractivity (Wildman–Crippen MR) is 91.1 cm³/mol. The molecule has 0 spiro atoms. The Kier molecular flexibility index (Phi) is 7.68. The molecule has 1 atom stereocenters. The molecule has 1 aliphatic rings. The van der Waals surface area contributed by atoms with Crippen molar-refractivity contribution in [2.45, 2.75) is 19.3 Å². The highest BCUT2D eigenvalue weighted by Crippen LogP contribution is 2.33. The number of aromatic nitrogens is 2. The van der Waals surface area contributed by atoms with E-state index in [1.54, 1.807) is 0 Å². The maximum atomic E-state index is 8.00. The largest absolute Gasteiger partial charge is 0.307 e. The summed E-state index contributed by atoms with van der Waals surface area (Å²) in [5, 5.41) is 6.09. The van der Waals surface area contributed by atoms with Crippen molar-refractivity contribution >= 4 is 73.6 Å². The first kappa shape index (κ1) is 16.3. The molecule has 1 aromatic heterocycles. The van der Waals surface area contributed by atoms with E-state index in [-0.39, 0.29) is 0 Å². The monoisotopic (exact) mass is 460 g/mol. The quantitative estimate of drug-likeness (QED) is 0.431. The zero-order valence-electron chi connectivity index (χ0n) is 9.50. The number of halogens is 3. The highest BCUT2D eigenvalue weighted by molar-refractivity contribution is 14.2. The Morgan fingerprint density at radius 3 is 2.50 bits per heavy atom. The van der Waals surface area contributed by atoms with Crippen molar-refractivity contribution in [2.24, 2.45) is 0 Å². The summed E-state index contributed by atoms with van der Waals surface area (Å²) in [7, 11) is 0. The second-order valence-corrected chi connectivity index (χ2v) is 6.85. The van der Waals surface area contributed by atoms with Crippen LogP contribution in [0.15, 0.2) is 22.8 Å². The van der Waals surface area contributed by atoms with E-state index in [9.17, 15) is 0 Å². The lowest BCUT2D eigenvalue weighted by Crippen LogP contribution is -1.81. The van der Waals surface area contributed by atoms with Crippen molar-refractivity contribution in [3.63, 3.8) is 0 Å². The first-order chi connectivity index (χ1) is 8.72. The third-order valence-corrected chi connectivity index (χ3v) is 4.80. The highest BCUT2D eigenvalue weighted by Gasteiger charge is 2.06. The van der Waals surface area contributed by atoms with Gasteiger partial charge in [-0.15, -0.1) is 0 Å². The van der Waals surface area contributed by atoms with Crippen LogP contribution in [0.5, 0.6) is 0 Å². The Balaban J connectivity index is 0.000000276. The van der Waals surface area contributed by atoms with Crippen LogP contribution in [0, 0.1) is 0 Å². The number of carbonyl (C=O) groups is 1. The summed E-state index contributed by atoms with van der Waals surface area (Å²) >= 11 is 11.7. The van der Waals surface area contributed by atoms with E-state index in [2.05, 4.69) is 43.1 Å². The maximum absolute atomic E-state index is 8.00. The average molecular weight is 461 g/mol. The second kappa shape index (κ2) is 8.46. The zero-order chi connectivity index (χ0) is 13.5. The Morgan fingerprint density at radius 2 is 2.00 bits per heavy atom.